The van der Waals surface area contributed by atoms with Crippen molar-refractivity contribution in [3.63, 3.8) is 0 Å². The molecule has 0 bridgehead atoms. The van der Waals surface area contributed by atoms with Crippen LogP contribution >= 0.6 is 0 Å². The number of hydrogen-bond acceptors (Lipinski definition) is 7. The van der Waals surface area contributed by atoms with Crippen LogP contribution in [0.15, 0.2) is 84.9 Å². The second-order valence-corrected chi connectivity index (χ2v) is 8.83. The molecule has 194 valence electrons. The number of phenolic OH excluding ortho intramolecular Hbond substituents is 3. The van der Waals surface area contributed by atoms with Gasteiger partial charge in [0.2, 0.25) is 0 Å². The number of carbonyl (C=O) groups is 2. The van der Waals surface area contributed by atoms with Crippen LogP contribution in [0.3, 0.4) is 0 Å². The van der Waals surface area contributed by atoms with E-state index in [9.17, 15) is 24.9 Å². The third kappa shape index (κ3) is 6.70. The zero-order chi connectivity index (χ0) is 27.1. The summed E-state index contributed by atoms with van der Waals surface area (Å²) in [4.78, 5) is 24.9. The van der Waals surface area contributed by atoms with E-state index >= 15 is 0 Å². The number of Topliss-reactive ketones (excluding diaryl/α,β-unsaturated/α-hetero) is 2. The van der Waals surface area contributed by atoms with Crippen molar-refractivity contribution in [2.45, 2.75) is 25.7 Å². The van der Waals surface area contributed by atoms with Crippen LogP contribution in [-0.2, 0) is 12.8 Å². The molecule has 0 saturated carbocycles. The standard InChI is InChI=1S/C31H28O7/c1-37-31-19-21(3-15-27(35)23-8-12-25(33)13-9-23)5-17-29(31)38-30-18-20(4-16-28(30)36)2-14-26(34)22-6-10-24(32)11-7-22/h4-13,16-19,32-33,36H,2-3,14-15H2,1H3. The molecule has 3 N–H and O–H groups in total. The Morgan fingerprint density at radius 2 is 1.08 bits per heavy atom. The summed E-state index contributed by atoms with van der Waals surface area (Å²) in [6.07, 6.45) is 1.49. The zero-order valence-corrected chi connectivity index (χ0v) is 20.9. The Bertz CT molecular complexity index is 1420. The zero-order valence-electron chi connectivity index (χ0n) is 20.9. The highest BCUT2D eigenvalue weighted by Crippen LogP contribution is 2.37. The molecule has 7 heteroatoms. The first-order valence-electron chi connectivity index (χ1n) is 12.1. The van der Waals surface area contributed by atoms with E-state index in [0.29, 0.717) is 41.9 Å². The van der Waals surface area contributed by atoms with Crippen LogP contribution in [0.4, 0.5) is 0 Å². The molecule has 0 aliphatic carbocycles. The summed E-state index contributed by atoms with van der Waals surface area (Å²) in [7, 11) is 1.51. The largest absolute Gasteiger partial charge is 0.508 e. The van der Waals surface area contributed by atoms with E-state index in [4.69, 9.17) is 9.47 Å². The fourth-order valence-corrected chi connectivity index (χ4v) is 3.97. The van der Waals surface area contributed by atoms with Crippen LogP contribution in [0.2, 0.25) is 0 Å². The smallest absolute Gasteiger partial charge is 0.169 e. The molecule has 0 atom stereocenters. The van der Waals surface area contributed by atoms with Gasteiger partial charge < -0.3 is 24.8 Å². The van der Waals surface area contributed by atoms with Crippen LogP contribution in [-0.4, -0.2) is 34.0 Å². The summed E-state index contributed by atoms with van der Waals surface area (Å²) in [5.41, 5.74) is 2.75. The van der Waals surface area contributed by atoms with E-state index in [1.54, 1.807) is 48.5 Å². The molecule has 7 nitrogen and oxygen atoms in total. The predicted octanol–water partition coefficient (Wildman–Crippen LogP) is 6.24. The predicted molar refractivity (Wildman–Crippen MR) is 143 cm³/mol. The Hall–Kier alpha value is -4.78. The normalized spacial score (nSPS) is 10.7. The lowest BCUT2D eigenvalue weighted by Crippen LogP contribution is -2.02. The number of methoxy groups -OCH3 is 1. The van der Waals surface area contributed by atoms with Crippen LogP contribution in [0.1, 0.15) is 44.7 Å². The number of hydrogen-bond donors (Lipinski definition) is 3. The van der Waals surface area contributed by atoms with Crippen molar-refractivity contribution >= 4 is 11.6 Å². The van der Waals surface area contributed by atoms with Gasteiger partial charge in [0, 0.05) is 24.0 Å². The van der Waals surface area contributed by atoms with Crippen LogP contribution in [0.5, 0.6) is 34.5 Å². The average molecular weight is 513 g/mol. The van der Waals surface area contributed by atoms with E-state index in [0.717, 1.165) is 11.1 Å². The van der Waals surface area contributed by atoms with Gasteiger partial charge in [0.25, 0.3) is 0 Å². The van der Waals surface area contributed by atoms with Gasteiger partial charge in [-0.2, -0.15) is 0 Å². The lowest BCUT2D eigenvalue weighted by atomic mass is 10.0. The van der Waals surface area contributed by atoms with Crippen LogP contribution < -0.4 is 9.47 Å². The van der Waals surface area contributed by atoms with E-state index in [1.807, 2.05) is 6.07 Å². The summed E-state index contributed by atoms with van der Waals surface area (Å²) >= 11 is 0. The number of ether oxygens (including phenoxy) is 2. The highest BCUT2D eigenvalue weighted by atomic mass is 16.5. The van der Waals surface area contributed by atoms with Gasteiger partial charge in [0.1, 0.15) is 11.5 Å². The molecule has 0 heterocycles. The second-order valence-electron chi connectivity index (χ2n) is 8.83. The topological polar surface area (TPSA) is 113 Å². The summed E-state index contributed by atoms with van der Waals surface area (Å²) in [5.74, 6) is 1.16. The SMILES string of the molecule is COc1cc(CCC(=O)c2ccc(O)cc2)ccc1Oc1cc(CCC(=O)c2ccc(O)cc2)ccc1O. The van der Waals surface area contributed by atoms with E-state index in [1.165, 1.54) is 37.4 Å². The van der Waals surface area contributed by atoms with Gasteiger partial charge in [-0.1, -0.05) is 12.1 Å². The van der Waals surface area contributed by atoms with Crippen LogP contribution in [0.25, 0.3) is 0 Å². The minimum Gasteiger partial charge on any atom is -0.508 e. The maximum atomic E-state index is 12.5. The summed E-state index contributed by atoms with van der Waals surface area (Å²) in [6, 6.07) is 22.6. The lowest BCUT2D eigenvalue weighted by molar-refractivity contribution is 0.0975. The first-order valence-corrected chi connectivity index (χ1v) is 12.1. The van der Waals surface area contributed by atoms with Gasteiger partial charge in [-0.15, -0.1) is 0 Å². The number of benzene rings is 4. The van der Waals surface area contributed by atoms with Crippen molar-refractivity contribution in [3.05, 3.63) is 107 Å². The number of ketones is 2. The molecule has 0 radical (unpaired) electrons. The molecule has 0 fully saturated rings. The fourth-order valence-electron chi connectivity index (χ4n) is 3.97. The van der Waals surface area contributed by atoms with Crippen molar-refractivity contribution in [2.24, 2.45) is 0 Å². The van der Waals surface area contributed by atoms with Gasteiger partial charge in [-0.3, -0.25) is 9.59 Å². The number of aromatic hydroxyl groups is 3. The second kappa shape index (κ2) is 12.0. The number of carbonyl (C=O) groups excluding carboxylic acids is 2. The van der Waals surface area contributed by atoms with Gasteiger partial charge >= 0.3 is 0 Å². The third-order valence-corrected chi connectivity index (χ3v) is 6.13. The Kier molecular flexibility index (Phi) is 8.28. The molecule has 4 rings (SSSR count). The maximum absolute atomic E-state index is 12.5. The Morgan fingerprint density at radius 1 is 0.605 bits per heavy atom. The van der Waals surface area contributed by atoms with Crippen molar-refractivity contribution in [1.29, 1.82) is 0 Å². The Morgan fingerprint density at radius 3 is 1.58 bits per heavy atom. The molecule has 4 aromatic rings. The molecule has 4 aromatic carbocycles. The lowest BCUT2D eigenvalue weighted by Gasteiger charge is -2.14. The maximum Gasteiger partial charge on any atom is 0.169 e. The van der Waals surface area contributed by atoms with Crippen molar-refractivity contribution in [2.75, 3.05) is 7.11 Å². The number of phenols is 3. The number of rotatable bonds is 11. The highest BCUT2D eigenvalue weighted by molar-refractivity contribution is 5.96. The molecule has 38 heavy (non-hydrogen) atoms. The Labute approximate surface area is 220 Å². The first-order chi connectivity index (χ1) is 18.3. The molecular formula is C31H28O7. The highest BCUT2D eigenvalue weighted by Gasteiger charge is 2.13. The molecule has 0 saturated heterocycles. The van der Waals surface area contributed by atoms with Crippen molar-refractivity contribution in [1.82, 2.24) is 0 Å². The molecule has 0 spiro atoms. The van der Waals surface area contributed by atoms with Gasteiger partial charge in [-0.25, -0.2) is 0 Å². The third-order valence-electron chi connectivity index (χ3n) is 6.13. The van der Waals surface area contributed by atoms with E-state index in [-0.39, 0.29) is 41.0 Å². The molecule has 0 amide bonds. The van der Waals surface area contributed by atoms with Crippen molar-refractivity contribution in [3.8, 4) is 34.5 Å². The average Bonchev–Trinajstić information content (AvgIpc) is 2.93. The van der Waals surface area contributed by atoms with E-state index in [2.05, 4.69) is 0 Å². The van der Waals surface area contributed by atoms with Gasteiger partial charge in [0.15, 0.2) is 34.6 Å². The summed E-state index contributed by atoms with van der Waals surface area (Å²) in [6.45, 7) is 0. The van der Waals surface area contributed by atoms with E-state index < -0.39 is 0 Å². The minimum absolute atomic E-state index is 0.0325. The molecule has 0 aromatic heterocycles. The quantitative estimate of drug-likeness (QED) is 0.204. The minimum atomic E-state index is -0.0540. The van der Waals surface area contributed by atoms with Gasteiger partial charge in [0.05, 0.1) is 7.11 Å². The fraction of sp³-hybridized carbons (Fsp3) is 0.161. The number of aryl methyl sites for hydroxylation is 2. The Balaban J connectivity index is 1.40. The van der Waals surface area contributed by atoms with Gasteiger partial charge in [-0.05, 0) is 96.8 Å². The first kappa shape index (κ1) is 26.3. The summed E-state index contributed by atoms with van der Waals surface area (Å²) in [5, 5.41) is 29.1. The molecule has 0 unspecified atom stereocenters. The monoisotopic (exact) mass is 512 g/mol. The van der Waals surface area contributed by atoms with Crippen molar-refractivity contribution < 1.29 is 34.4 Å². The molecule has 0 aliphatic heterocycles. The summed E-state index contributed by atoms with van der Waals surface area (Å²) < 4.78 is 11.4. The van der Waals surface area contributed by atoms with Crippen LogP contribution in [0, 0.1) is 0 Å². The molecule has 0 aliphatic rings. The molecular weight excluding hydrogens is 484 g/mol.